The maximum absolute atomic E-state index is 6.55. The fraction of sp³-hybridized carbons (Fsp3) is 0.250. The van der Waals surface area contributed by atoms with Crippen LogP contribution >= 0.6 is 11.6 Å². The van der Waals surface area contributed by atoms with Gasteiger partial charge in [-0.3, -0.25) is 0 Å². The van der Waals surface area contributed by atoms with Crippen molar-refractivity contribution >= 4 is 11.6 Å². The molecule has 0 aliphatic heterocycles. The van der Waals surface area contributed by atoms with Crippen molar-refractivity contribution in [3.63, 3.8) is 0 Å². The summed E-state index contributed by atoms with van der Waals surface area (Å²) in [5.41, 5.74) is 2.68. The van der Waals surface area contributed by atoms with E-state index in [-0.39, 0.29) is 5.38 Å². The third kappa shape index (κ3) is 2.23. The van der Waals surface area contributed by atoms with Gasteiger partial charge >= 0.3 is 0 Å². The molecule has 17 heavy (non-hydrogen) atoms. The van der Waals surface area contributed by atoms with Crippen LogP contribution in [0.25, 0.3) is 0 Å². The maximum Gasteiger partial charge on any atom is 0.0619 e. The van der Waals surface area contributed by atoms with Crippen molar-refractivity contribution in [1.82, 2.24) is 0 Å². The van der Waals surface area contributed by atoms with Gasteiger partial charge in [-0.15, -0.1) is 11.6 Å². The van der Waals surface area contributed by atoms with E-state index in [1.165, 1.54) is 17.5 Å². The van der Waals surface area contributed by atoms with Gasteiger partial charge in [-0.2, -0.15) is 0 Å². The largest absolute Gasteiger partial charge is 0.117 e. The summed E-state index contributed by atoms with van der Waals surface area (Å²) in [5.74, 6) is 1.25. The summed E-state index contributed by atoms with van der Waals surface area (Å²) in [6.45, 7) is 0. The van der Waals surface area contributed by atoms with Crippen LogP contribution in [-0.4, -0.2) is 0 Å². The Morgan fingerprint density at radius 3 is 2.12 bits per heavy atom. The van der Waals surface area contributed by atoms with Gasteiger partial charge in [0.25, 0.3) is 0 Å². The smallest absolute Gasteiger partial charge is 0.0619 e. The molecule has 1 heteroatoms. The molecule has 0 bridgehead atoms. The molecule has 1 saturated carbocycles. The molecule has 2 aromatic carbocycles. The van der Waals surface area contributed by atoms with Gasteiger partial charge in [-0.05, 0) is 29.4 Å². The third-order valence-electron chi connectivity index (χ3n) is 3.56. The zero-order valence-electron chi connectivity index (χ0n) is 9.59. The molecule has 0 aromatic heterocycles. The van der Waals surface area contributed by atoms with E-state index in [1.54, 1.807) is 0 Å². The number of benzene rings is 2. The van der Waals surface area contributed by atoms with E-state index in [2.05, 4.69) is 54.6 Å². The summed E-state index contributed by atoms with van der Waals surface area (Å²) in [6.07, 6.45) is 1.22. The van der Waals surface area contributed by atoms with Crippen LogP contribution in [0.2, 0.25) is 0 Å². The average Bonchev–Trinajstić information content (AvgIpc) is 3.20. The van der Waals surface area contributed by atoms with Crippen LogP contribution in [0.5, 0.6) is 0 Å². The molecule has 3 rings (SSSR count). The molecule has 1 aliphatic rings. The lowest BCUT2D eigenvalue weighted by Gasteiger charge is -2.09. The van der Waals surface area contributed by atoms with E-state index in [0.717, 1.165) is 0 Å². The molecule has 1 fully saturated rings. The standard InChI is InChI=1S/C16H15Cl/c17-16(13-9-5-2-6-10-13)15-11-14(15)12-7-3-1-4-8-12/h1-10,14-16H,11H2. The van der Waals surface area contributed by atoms with Gasteiger partial charge in [0.15, 0.2) is 0 Å². The summed E-state index contributed by atoms with van der Waals surface area (Å²) in [6, 6.07) is 21.1. The molecular formula is C16H15Cl. The van der Waals surface area contributed by atoms with E-state index >= 15 is 0 Å². The Bertz CT molecular complexity index is 477. The van der Waals surface area contributed by atoms with Gasteiger partial charge in [-0.1, -0.05) is 60.7 Å². The SMILES string of the molecule is ClC(c1ccccc1)C1CC1c1ccccc1. The fourth-order valence-electron chi connectivity index (χ4n) is 2.51. The first-order valence-electron chi connectivity index (χ1n) is 6.10. The first-order valence-corrected chi connectivity index (χ1v) is 6.54. The highest BCUT2D eigenvalue weighted by Crippen LogP contribution is 2.56. The predicted molar refractivity (Wildman–Crippen MR) is 72.3 cm³/mol. The van der Waals surface area contributed by atoms with Crippen molar-refractivity contribution < 1.29 is 0 Å². The Balaban J connectivity index is 1.73. The summed E-state index contributed by atoms with van der Waals surface area (Å²) >= 11 is 6.55. The second kappa shape index (κ2) is 4.54. The number of alkyl halides is 1. The van der Waals surface area contributed by atoms with Crippen LogP contribution in [0.3, 0.4) is 0 Å². The normalized spacial score (nSPS) is 24.3. The first kappa shape index (κ1) is 10.9. The van der Waals surface area contributed by atoms with Gasteiger partial charge in [-0.25, -0.2) is 0 Å². The molecule has 0 heterocycles. The molecule has 2 aromatic rings. The maximum atomic E-state index is 6.55. The summed E-state index contributed by atoms with van der Waals surface area (Å²) < 4.78 is 0. The highest BCUT2D eigenvalue weighted by Gasteiger charge is 2.43. The molecule has 0 spiro atoms. The Morgan fingerprint density at radius 2 is 1.47 bits per heavy atom. The van der Waals surface area contributed by atoms with Gasteiger partial charge in [0.05, 0.1) is 5.38 Å². The third-order valence-corrected chi connectivity index (χ3v) is 4.14. The van der Waals surface area contributed by atoms with Crippen molar-refractivity contribution in [3.8, 4) is 0 Å². The van der Waals surface area contributed by atoms with E-state index in [0.29, 0.717) is 11.8 Å². The molecule has 0 radical (unpaired) electrons. The summed E-state index contributed by atoms with van der Waals surface area (Å²) in [7, 11) is 0. The number of rotatable bonds is 3. The summed E-state index contributed by atoms with van der Waals surface area (Å²) in [5, 5.41) is 0.154. The lowest BCUT2D eigenvalue weighted by Crippen LogP contribution is -1.94. The van der Waals surface area contributed by atoms with Gasteiger partial charge in [0.1, 0.15) is 0 Å². The highest BCUT2D eigenvalue weighted by atomic mass is 35.5. The lowest BCUT2D eigenvalue weighted by molar-refractivity contribution is 0.764. The van der Waals surface area contributed by atoms with E-state index in [9.17, 15) is 0 Å². The first-order chi connectivity index (χ1) is 8.36. The van der Waals surface area contributed by atoms with Gasteiger partial charge in [0, 0.05) is 0 Å². The highest BCUT2D eigenvalue weighted by molar-refractivity contribution is 6.21. The quantitative estimate of drug-likeness (QED) is 0.680. The van der Waals surface area contributed by atoms with E-state index < -0.39 is 0 Å². The van der Waals surface area contributed by atoms with Crippen molar-refractivity contribution in [3.05, 3.63) is 71.8 Å². The van der Waals surface area contributed by atoms with Gasteiger partial charge in [0.2, 0.25) is 0 Å². The molecule has 1 aliphatic carbocycles. The second-order valence-electron chi connectivity index (χ2n) is 4.73. The summed E-state index contributed by atoms with van der Waals surface area (Å²) in [4.78, 5) is 0. The van der Waals surface area contributed by atoms with Crippen molar-refractivity contribution in [2.75, 3.05) is 0 Å². The van der Waals surface area contributed by atoms with Crippen molar-refractivity contribution in [1.29, 1.82) is 0 Å². The lowest BCUT2D eigenvalue weighted by atomic mass is 10.0. The number of halogens is 1. The Morgan fingerprint density at radius 1 is 0.882 bits per heavy atom. The molecular weight excluding hydrogens is 228 g/mol. The number of hydrogen-bond acceptors (Lipinski definition) is 0. The Kier molecular flexibility index (Phi) is 2.90. The predicted octanol–water partition coefficient (Wildman–Crippen LogP) is 4.77. The van der Waals surface area contributed by atoms with Crippen LogP contribution in [-0.2, 0) is 0 Å². The van der Waals surface area contributed by atoms with Crippen LogP contribution in [0.4, 0.5) is 0 Å². The molecule has 3 atom stereocenters. The Labute approximate surface area is 107 Å². The van der Waals surface area contributed by atoms with E-state index in [4.69, 9.17) is 11.6 Å². The van der Waals surface area contributed by atoms with Crippen molar-refractivity contribution in [2.45, 2.75) is 17.7 Å². The van der Waals surface area contributed by atoms with Gasteiger partial charge < -0.3 is 0 Å². The minimum Gasteiger partial charge on any atom is -0.117 e. The topological polar surface area (TPSA) is 0 Å². The molecule has 0 saturated heterocycles. The zero-order valence-corrected chi connectivity index (χ0v) is 10.3. The average molecular weight is 243 g/mol. The minimum atomic E-state index is 0.154. The molecule has 0 nitrogen and oxygen atoms in total. The monoisotopic (exact) mass is 242 g/mol. The molecule has 3 unspecified atom stereocenters. The van der Waals surface area contributed by atoms with Crippen LogP contribution in [0, 0.1) is 5.92 Å². The molecule has 0 amide bonds. The minimum absolute atomic E-state index is 0.154. The van der Waals surface area contributed by atoms with Crippen LogP contribution in [0.15, 0.2) is 60.7 Å². The van der Waals surface area contributed by atoms with Crippen molar-refractivity contribution in [2.24, 2.45) is 5.92 Å². The molecule has 0 N–H and O–H groups in total. The zero-order chi connectivity index (χ0) is 11.7. The number of hydrogen-bond donors (Lipinski definition) is 0. The van der Waals surface area contributed by atoms with E-state index in [1.807, 2.05) is 6.07 Å². The second-order valence-corrected chi connectivity index (χ2v) is 5.20. The Hall–Kier alpha value is -1.27. The fourth-order valence-corrected chi connectivity index (χ4v) is 2.93. The van der Waals surface area contributed by atoms with Crippen LogP contribution < -0.4 is 0 Å². The molecule has 86 valence electrons. The van der Waals surface area contributed by atoms with Crippen LogP contribution in [0.1, 0.15) is 28.8 Å².